The van der Waals surface area contributed by atoms with Crippen molar-refractivity contribution in [2.24, 2.45) is 5.73 Å². The summed E-state index contributed by atoms with van der Waals surface area (Å²) in [6.07, 6.45) is 0. The fourth-order valence-electron chi connectivity index (χ4n) is 1.01. The Kier molecular flexibility index (Phi) is 4.24. The largest absolute Gasteiger partial charge is 0.485 e. The van der Waals surface area contributed by atoms with Crippen LogP contribution in [0, 0.1) is 10.1 Å². The first kappa shape index (κ1) is 13.2. The zero-order chi connectivity index (χ0) is 13.0. The Labute approximate surface area is 101 Å². The molecule has 1 atom stereocenters. The van der Waals surface area contributed by atoms with Crippen LogP contribution in [0.5, 0.6) is 5.75 Å². The Bertz CT molecular complexity index is 451. The number of rotatable bonds is 5. The standard InChI is InChI=1S/C9H9ClN2O5/c10-5-1-2-8(7(3-5)12(15)16)17-4-6(11)9(13)14/h1-3,6H,4,11H2,(H,13,14). The second kappa shape index (κ2) is 5.46. The van der Waals surface area contributed by atoms with Gasteiger partial charge in [-0.3, -0.25) is 14.9 Å². The van der Waals surface area contributed by atoms with Crippen LogP contribution in [0.15, 0.2) is 18.2 Å². The number of carbonyl (C=O) groups is 1. The molecule has 0 saturated heterocycles. The van der Waals surface area contributed by atoms with Gasteiger partial charge < -0.3 is 15.6 Å². The van der Waals surface area contributed by atoms with E-state index in [4.69, 9.17) is 27.2 Å². The number of carboxylic acids is 1. The molecular weight excluding hydrogens is 252 g/mol. The summed E-state index contributed by atoms with van der Waals surface area (Å²) in [6, 6.07) is 2.55. The summed E-state index contributed by atoms with van der Waals surface area (Å²) in [5, 5.41) is 19.4. The van der Waals surface area contributed by atoms with E-state index >= 15 is 0 Å². The van der Waals surface area contributed by atoms with Gasteiger partial charge in [0, 0.05) is 11.1 Å². The molecule has 8 heteroatoms. The van der Waals surface area contributed by atoms with E-state index in [1.165, 1.54) is 12.1 Å². The van der Waals surface area contributed by atoms with E-state index < -0.39 is 16.9 Å². The van der Waals surface area contributed by atoms with Crippen molar-refractivity contribution in [3.8, 4) is 5.75 Å². The lowest BCUT2D eigenvalue weighted by molar-refractivity contribution is -0.385. The summed E-state index contributed by atoms with van der Waals surface area (Å²) < 4.78 is 4.97. The number of hydrogen-bond acceptors (Lipinski definition) is 5. The van der Waals surface area contributed by atoms with Crippen molar-refractivity contribution in [1.29, 1.82) is 0 Å². The lowest BCUT2D eigenvalue weighted by atomic mass is 10.3. The highest BCUT2D eigenvalue weighted by Crippen LogP contribution is 2.29. The van der Waals surface area contributed by atoms with Gasteiger partial charge in [0.1, 0.15) is 12.6 Å². The Morgan fingerprint density at radius 3 is 2.82 bits per heavy atom. The molecule has 1 rings (SSSR count). The van der Waals surface area contributed by atoms with E-state index in [1.54, 1.807) is 0 Å². The molecule has 1 aromatic rings. The number of aliphatic carboxylic acids is 1. The van der Waals surface area contributed by atoms with Crippen LogP contribution in [0.1, 0.15) is 0 Å². The molecule has 0 radical (unpaired) electrons. The smallest absolute Gasteiger partial charge is 0.324 e. The maximum absolute atomic E-state index is 10.7. The number of nitro benzene ring substituents is 1. The molecule has 17 heavy (non-hydrogen) atoms. The summed E-state index contributed by atoms with van der Waals surface area (Å²) in [6.45, 7) is -0.363. The molecule has 0 aliphatic carbocycles. The summed E-state index contributed by atoms with van der Waals surface area (Å²) in [7, 11) is 0. The third kappa shape index (κ3) is 3.58. The fraction of sp³-hybridized carbons (Fsp3) is 0.222. The van der Waals surface area contributed by atoms with Crippen LogP contribution in [0.4, 0.5) is 5.69 Å². The second-order valence-electron chi connectivity index (χ2n) is 3.12. The average Bonchev–Trinajstić information content (AvgIpc) is 2.26. The molecule has 1 aromatic carbocycles. The highest BCUT2D eigenvalue weighted by Gasteiger charge is 2.18. The molecule has 92 valence electrons. The maximum atomic E-state index is 10.7. The summed E-state index contributed by atoms with van der Waals surface area (Å²) in [4.78, 5) is 20.4. The van der Waals surface area contributed by atoms with Gasteiger partial charge in [0.15, 0.2) is 5.75 Å². The Morgan fingerprint density at radius 1 is 1.65 bits per heavy atom. The van der Waals surface area contributed by atoms with Gasteiger partial charge in [0.05, 0.1) is 4.92 Å². The van der Waals surface area contributed by atoms with Crippen molar-refractivity contribution in [2.75, 3.05) is 6.61 Å². The first-order valence-corrected chi connectivity index (χ1v) is 4.84. The van der Waals surface area contributed by atoms with Gasteiger partial charge in [-0.15, -0.1) is 0 Å². The Balaban J connectivity index is 2.84. The van der Waals surface area contributed by atoms with Crippen LogP contribution in [0.25, 0.3) is 0 Å². The maximum Gasteiger partial charge on any atom is 0.324 e. The monoisotopic (exact) mass is 260 g/mol. The molecule has 1 unspecified atom stereocenters. The molecule has 0 aliphatic rings. The summed E-state index contributed by atoms with van der Waals surface area (Å²) >= 11 is 5.60. The minimum absolute atomic E-state index is 0.0731. The lowest BCUT2D eigenvalue weighted by Crippen LogP contribution is -2.36. The van der Waals surface area contributed by atoms with E-state index in [0.29, 0.717) is 0 Å². The first-order chi connectivity index (χ1) is 7.91. The zero-order valence-corrected chi connectivity index (χ0v) is 9.26. The van der Waals surface area contributed by atoms with E-state index in [9.17, 15) is 14.9 Å². The Morgan fingerprint density at radius 2 is 2.29 bits per heavy atom. The lowest BCUT2D eigenvalue weighted by Gasteiger charge is -2.09. The van der Waals surface area contributed by atoms with Gasteiger partial charge in [-0.05, 0) is 12.1 Å². The SMILES string of the molecule is NC(COc1ccc(Cl)cc1[N+](=O)[O-])C(=O)O. The molecule has 0 heterocycles. The number of halogens is 1. The number of carboxylic acid groups (broad SMARTS) is 1. The second-order valence-corrected chi connectivity index (χ2v) is 3.56. The minimum Gasteiger partial charge on any atom is -0.485 e. The molecule has 0 aliphatic heterocycles. The van der Waals surface area contributed by atoms with Crippen LogP contribution in [-0.4, -0.2) is 28.6 Å². The highest BCUT2D eigenvalue weighted by atomic mass is 35.5. The molecule has 3 N–H and O–H groups in total. The van der Waals surface area contributed by atoms with Crippen molar-refractivity contribution < 1.29 is 19.6 Å². The van der Waals surface area contributed by atoms with E-state index in [0.717, 1.165) is 6.07 Å². The van der Waals surface area contributed by atoms with Crippen molar-refractivity contribution >= 4 is 23.3 Å². The van der Waals surface area contributed by atoms with Gasteiger partial charge in [0.25, 0.3) is 0 Å². The molecule has 0 amide bonds. The Hall–Kier alpha value is -1.86. The van der Waals surface area contributed by atoms with Crippen LogP contribution in [-0.2, 0) is 4.79 Å². The van der Waals surface area contributed by atoms with Crippen molar-refractivity contribution in [3.05, 3.63) is 33.3 Å². The zero-order valence-electron chi connectivity index (χ0n) is 8.50. The molecule has 0 saturated carbocycles. The average molecular weight is 261 g/mol. The van der Waals surface area contributed by atoms with Gasteiger partial charge in [-0.2, -0.15) is 0 Å². The van der Waals surface area contributed by atoms with Crippen LogP contribution in [0.2, 0.25) is 5.02 Å². The number of hydrogen-bond donors (Lipinski definition) is 2. The van der Waals surface area contributed by atoms with Gasteiger partial charge in [-0.1, -0.05) is 11.6 Å². The van der Waals surface area contributed by atoms with Gasteiger partial charge in [-0.25, -0.2) is 0 Å². The number of nitrogens with two attached hydrogens (primary N) is 1. The molecular formula is C9H9ClN2O5. The molecule has 0 spiro atoms. The predicted molar refractivity (Wildman–Crippen MR) is 59.2 cm³/mol. The van der Waals surface area contributed by atoms with Crippen LogP contribution in [0.3, 0.4) is 0 Å². The fourth-order valence-corrected chi connectivity index (χ4v) is 1.17. The van der Waals surface area contributed by atoms with E-state index in [1.807, 2.05) is 0 Å². The molecule has 7 nitrogen and oxygen atoms in total. The van der Waals surface area contributed by atoms with Crippen LogP contribution < -0.4 is 10.5 Å². The molecule has 0 bridgehead atoms. The number of nitrogens with zero attached hydrogens (tertiary/aromatic N) is 1. The molecule has 0 aromatic heterocycles. The van der Waals surface area contributed by atoms with E-state index in [2.05, 4.69) is 0 Å². The summed E-state index contributed by atoms with van der Waals surface area (Å²) in [5.74, 6) is -1.32. The summed E-state index contributed by atoms with van der Waals surface area (Å²) in [5.41, 5.74) is 4.86. The van der Waals surface area contributed by atoms with Crippen LogP contribution >= 0.6 is 11.6 Å². The third-order valence-electron chi connectivity index (χ3n) is 1.85. The first-order valence-electron chi connectivity index (χ1n) is 4.47. The number of nitro groups is 1. The van der Waals surface area contributed by atoms with Crippen molar-refractivity contribution in [2.45, 2.75) is 6.04 Å². The quantitative estimate of drug-likeness (QED) is 0.603. The minimum atomic E-state index is -1.25. The number of ether oxygens (including phenoxy) is 1. The molecule has 0 fully saturated rings. The topological polar surface area (TPSA) is 116 Å². The number of benzene rings is 1. The van der Waals surface area contributed by atoms with E-state index in [-0.39, 0.29) is 23.1 Å². The van der Waals surface area contributed by atoms with Crippen molar-refractivity contribution in [3.63, 3.8) is 0 Å². The normalized spacial score (nSPS) is 11.9. The highest BCUT2D eigenvalue weighted by molar-refractivity contribution is 6.30. The van der Waals surface area contributed by atoms with Crippen molar-refractivity contribution in [1.82, 2.24) is 0 Å². The van der Waals surface area contributed by atoms with Gasteiger partial charge in [0.2, 0.25) is 0 Å². The van der Waals surface area contributed by atoms with Gasteiger partial charge >= 0.3 is 11.7 Å². The predicted octanol–water partition coefficient (Wildman–Crippen LogP) is 1.04. The third-order valence-corrected chi connectivity index (χ3v) is 2.09.